The van der Waals surface area contributed by atoms with Crippen LogP contribution in [0.1, 0.15) is 6.42 Å². The molecule has 3 rings (SSSR count). The van der Waals surface area contributed by atoms with E-state index in [0.717, 1.165) is 17.9 Å². The number of benzene rings is 1. The van der Waals surface area contributed by atoms with Crippen LogP contribution in [-0.4, -0.2) is 81.2 Å². The van der Waals surface area contributed by atoms with Gasteiger partial charge in [-0.3, -0.25) is 9.59 Å². The van der Waals surface area contributed by atoms with Gasteiger partial charge in [0.05, 0.1) is 12.2 Å². The number of fused-ring (bicyclic) bond motifs is 1. The Hall–Kier alpha value is -2.28. The van der Waals surface area contributed by atoms with Crippen molar-refractivity contribution in [2.24, 2.45) is 0 Å². The van der Waals surface area contributed by atoms with E-state index in [4.69, 9.17) is 9.47 Å². The van der Waals surface area contributed by atoms with Crippen LogP contribution < -0.4 is 9.64 Å². The van der Waals surface area contributed by atoms with Crippen molar-refractivity contribution in [2.75, 3.05) is 58.4 Å². The van der Waals surface area contributed by atoms with Crippen LogP contribution in [0.5, 0.6) is 5.75 Å². The van der Waals surface area contributed by atoms with E-state index in [0.29, 0.717) is 32.7 Å². The predicted octanol–water partition coefficient (Wildman–Crippen LogP) is 0.591. The van der Waals surface area contributed by atoms with E-state index in [1.165, 1.54) is 7.11 Å². The molecule has 0 bridgehead atoms. The fraction of sp³-hybridized carbons (Fsp3) is 0.556. The summed E-state index contributed by atoms with van der Waals surface area (Å²) in [6.45, 7) is 2.97. The number of amides is 2. The third kappa shape index (κ3) is 3.87. The van der Waals surface area contributed by atoms with E-state index in [1.54, 1.807) is 4.90 Å². The van der Waals surface area contributed by atoms with Gasteiger partial charge in [0, 0.05) is 40.3 Å². The minimum atomic E-state index is -0.513. The van der Waals surface area contributed by atoms with E-state index in [2.05, 4.69) is 0 Å². The summed E-state index contributed by atoms with van der Waals surface area (Å²) in [6, 6.07) is 7.74. The molecule has 2 aliphatic heterocycles. The first-order chi connectivity index (χ1) is 12.1. The lowest BCUT2D eigenvalue weighted by atomic mass is 10.2. The highest BCUT2D eigenvalue weighted by Crippen LogP contribution is 2.32. The first-order valence-corrected chi connectivity index (χ1v) is 8.62. The highest BCUT2D eigenvalue weighted by molar-refractivity contribution is 5.83. The number of para-hydroxylation sites is 2. The molecule has 7 nitrogen and oxygen atoms in total. The summed E-state index contributed by atoms with van der Waals surface area (Å²) in [5.41, 5.74) is 0.999. The minimum absolute atomic E-state index is 0.0117. The van der Waals surface area contributed by atoms with Gasteiger partial charge < -0.3 is 24.2 Å². The number of methoxy groups -OCH3 is 1. The Morgan fingerprint density at radius 3 is 2.68 bits per heavy atom. The average molecular weight is 347 g/mol. The SMILES string of the molecule is COCC(=O)N1CCCN(C(=O)[C@@H]2CN(C)c3ccccc3O2)CC1. The number of hydrogen-bond donors (Lipinski definition) is 0. The topological polar surface area (TPSA) is 62.3 Å². The molecule has 0 saturated carbocycles. The third-order valence-corrected chi connectivity index (χ3v) is 4.69. The smallest absolute Gasteiger partial charge is 0.265 e. The molecular weight excluding hydrogens is 322 g/mol. The molecule has 2 heterocycles. The zero-order valence-electron chi connectivity index (χ0n) is 14.8. The summed E-state index contributed by atoms with van der Waals surface area (Å²) in [5.74, 6) is 0.697. The van der Waals surface area contributed by atoms with Crippen molar-refractivity contribution in [2.45, 2.75) is 12.5 Å². The first-order valence-electron chi connectivity index (χ1n) is 8.62. The van der Waals surface area contributed by atoms with Gasteiger partial charge in [0.25, 0.3) is 5.91 Å². The van der Waals surface area contributed by atoms with Gasteiger partial charge in [-0.1, -0.05) is 12.1 Å². The maximum Gasteiger partial charge on any atom is 0.265 e. The van der Waals surface area contributed by atoms with Gasteiger partial charge in [0.1, 0.15) is 12.4 Å². The number of anilines is 1. The molecule has 7 heteroatoms. The Labute approximate surface area is 148 Å². The summed E-state index contributed by atoms with van der Waals surface area (Å²) >= 11 is 0. The summed E-state index contributed by atoms with van der Waals surface area (Å²) in [7, 11) is 3.48. The minimum Gasteiger partial charge on any atom is -0.477 e. The molecule has 136 valence electrons. The Morgan fingerprint density at radius 1 is 1.16 bits per heavy atom. The summed E-state index contributed by atoms with van der Waals surface area (Å²) < 4.78 is 10.9. The molecule has 1 atom stereocenters. The van der Waals surface area contributed by atoms with Crippen LogP contribution in [0, 0.1) is 0 Å². The van der Waals surface area contributed by atoms with Crippen LogP contribution in [0.3, 0.4) is 0 Å². The fourth-order valence-electron chi connectivity index (χ4n) is 3.34. The number of likely N-dealkylation sites (N-methyl/N-ethyl adjacent to an activating group) is 1. The normalized spacial score (nSPS) is 20.6. The maximum atomic E-state index is 12.9. The molecule has 0 aromatic heterocycles. The van der Waals surface area contributed by atoms with E-state index in [-0.39, 0.29) is 18.4 Å². The van der Waals surface area contributed by atoms with Crippen LogP contribution in [0.25, 0.3) is 0 Å². The molecule has 1 aromatic carbocycles. The van der Waals surface area contributed by atoms with Gasteiger partial charge in [-0.25, -0.2) is 0 Å². The lowest BCUT2D eigenvalue weighted by Gasteiger charge is -2.35. The summed E-state index contributed by atoms with van der Waals surface area (Å²) in [6.07, 6.45) is 0.251. The van der Waals surface area contributed by atoms with Crippen molar-refractivity contribution >= 4 is 17.5 Å². The van der Waals surface area contributed by atoms with Crippen LogP contribution in [0.15, 0.2) is 24.3 Å². The largest absolute Gasteiger partial charge is 0.477 e. The van der Waals surface area contributed by atoms with Gasteiger partial charge in [0.15, 0.2) is 6.10 Å². The number of carbonyl (C=O) groups excluding carboxylic acids is 2. The molecule has 0 aliphatic carbocycles. The molecule has 1 fully saturated rings. The molecule has 25 heavy (non-hydrogen) atoms. The van der Waals surface area contributed by atoms with Crippen molar-refractivity contribution in [3.05, 3.63) is 24.3 Å². The second-order valence-corrected chi connectivity index (χ2v) is 6.45. The molecule has 0 N–H and O–H groups in total. The number of hydrogen-bond acceptors (Lipinski definition) is 5. The zero-order valence-corrected chi connectivity index (χ0v) is 14.8. The van der Waals surface area contributed by atoms with Crippen LogP contribution in [0.2, 0.25) is 0 Å². The second-order valence-electron chi connectivity index (χ2n) is 6.45. The Balaban J connectivity index is 1.63. The van der Waals surface area contributed by atoms with Crippen molar-refractivity contribution in [1.29, 1.82) is 0 Å². The molecule has 1 saturated heterocycles. The van der Waals surface area contributed by atoms with Crippen LogP contribution in [0.4, 0.5) is 5.69 Å². The van der Waals surface area contributed by atoms with Gasteiger partial charge in [-0.05, 0) is 18.6 Å². The quantitative estimate of drug-likeness (QED) is 0.801. The zero-order chi connectivity index (χ0) is 17.8. The van der Waals surface area contributed by atoms with Crippen LogP contribution >= 0.6 is 0 Å². The number of nitrogens with zero attached hydrogens (tertiary/aromatic N) is 3. The van der Waals surface area contributed by atoms with E-state index >= 15 is 0 Å². The van der Waals surface area contributed by atoms with E-state index in [9.17, 15) is 9.59 Å². The third-order valence-electron chi connectivity index (χ3n) is 4.69. The van der Waals surface area contributed by atoms with E-state index in [1.807, 2.05) is 41.1 Å². The van der Waals surface area contributed by atoms with Crippen molar-refractivity contribution in [3.8, 4) is 5.75 Å². The molecule has 1 aromatic rings. The molecular formula is C18H25N3O4. The molecule has 2 amide bonds. The standard InChI is InChI=1S/C18H25N3O4/c1-19-12-16(25-15-7-4-3-6-14(15)19)18(23)21-9-5-8-20(10-11-21)17(22)13-24-2/h3-4,6-7,16H,5,8-13H2,1-2H3/t16-/m0/s1. The molecule has 0 unspecified atom stereocenters. The average Bonchev–Trinajstić information content (AvgIpc) is 2.87. The Bertz CT molecular complexity index is 637. The summed E-state index contributed by atoms with van der Waals surface area (Å²) in [5, 5.41) is 0. The monoisotopic (exact) mass is 347 g/mol. The lowest BCUT2D eigenvalue weighted by Crippen LogP contribution is -2.50. The van der Waals surface area contributed by atoms with Crippen molar-refractivity contribution in [3.63, 3.8) is 0 Å². The first kappa shape index (κ1) is 17.5. The Kier molecular flexibility index (Phi) is 5.43. The highest BCUT2D eigenvalue weighted by atomic mass is 16.5. The summed E-state index contributed by atoms with van der Waals surface area (Å²) in [4.78, 5) is 30.5. The number of carbonyl (C=O) groups is 2. The second kappa shape index (κ2) is 7.74. The van der Waals surface area contributed by atoms with Crippen LogP contribution in [-0.2, 0) is 14.3 Å². The van der Waals surface area contributed by atoms with Crippen molar-refractivity contribution in [1.82, 2.24) is 9.80 Å². The molecule has 0 radical (unpaired) electrons. The highest BCUT2D eigenvalue weighted by Gasteiger charge is 2.33. The van der Waals surface area contributed by atoms with Gasteiger partial charge in [-0.2, -0.15) is 0 Å². The predicted molar refractivity (Wildman–Crippen MR) is 93.8 cm³/mol. The van der Waals surface area contributed by atoms with Gasteiger partial charge in [-0.15, -0.1) is 0 Å². The fourth-order valence-corrected chi connectivity index (χ4v) is 3.34. The van der Waals surface area contributed by atoms with Crippen molar-refractivity contribution < 1.29 is 19.1 Å². The van der Waals surface area contributed by atoms with Gasteiger partial charge in [0.2, 0.25) is 5.91 Å². The molecule has 2 aliphatic rings. The Morgan fingerprint density at radius 2 is 1.88 bits per heavy atom. The lowest BCUT2D eigenvalue weighted by molar-refractivity contribution is -0.139. The van der Waals surface area contributed by atoms with E-state index < -0.39 is 6.10 Å². The number of ether oxygens (including phenoxy) is 2. The molecule has 0 spiro atoms. The maximum absolute atomic E-state index is 12.9. The number of rotatable bonds is 3. The van der Waals surface area contributed by atoms with Gasteiger partial charge >= 0.3 is 0 Å².